The van der Waals surface area contributed by atoms with Crippen molar-refractivity contribution in [2.24, 2.45) is 35.5 Å². The van der Waals surface area contributed by atoms with Gasteiger partial charge in [-0.05, 0) is 47.8 Å². The van der Waals surface area contributed by atoms with Crippen molar-refractivity contribution in [1.82, 2.24) is 4.90 Å². The van der Waals surface area contributed by atoms with E-state index in [4.69, 9.17) is 11.6 Å². The van der Waals surface area contributed by atoms with Crippen LogP contribution in [0.2, 0.25) is 5.02 Å². The van der Waals surface area contributed by atoms with Gasteiger partial charge in [0, 0.05) is 5.02 Å². The fraction of sp³-hybridized carbons (Fsp3) is 0.444. The van der Waals surface area contributed by atoms with E-state index in [2.05, 4.69) is 12.2 Å². The van der Waals surface area contributed by atoms with Crippen molar-refractivity contribution in [3.8, 4) is 0 Å². The molecule has 2 amide bonds. The number of rotatable bonds is 2. The first-order valence-corrected chi connectivity index (χ1v) is 8.31. The fourth-order valence-corrected chi connectivity index (χ4v) is 5.07. The van der Waals surface area contributed by atoms with Gasteiger partial charge in [-0.3, -0.25) is 14.5 Å². The molecular weight excluding hydrogens is 298 g/mol. The number of hydrogen-bond donors (Lipinski definition) is 0. The van der Waals surface area contributed by atoms with Crippen molar-refractivity contribution in [2.75, 3.05) is 0 Å². The molecule has 4 heteroatoms. The minimum atomic E-state index is -0.0986. The second-order valence-electron chi connectivity index (χ2n) is 7.04. The lowest BCUT2D eigenvalue weighted by atomic mass is 9.63. The number of imide groups is 1. The van der Waals surface area contributed by atoms with Gasteiger partial charge in [0.25, 0.3) is 0 Å². The molecule has 0 spiro atoms. The number of carbonyl (C=O) groups excluding carboxylic acids is 2. The van der Waals surface area contributed by atoms with E-state index >= 15 is 0 Å². The molecule has 5 aliphatic rings. The molecule has 3 fully saturated rings. The molecule has 22 heavy (non-hydrogen) atoms. The Morgan fingerprint density at radius 2 is 1.50 bits per heavy atom. The van der Waals surface area contributed by atoms with E-state index in [9.17, 15) is 9.59 Å². The standard InChI is InChI=1S/C18H16ClNO2/c19-10-3-1-9(2-4-10)8-20-17(21)15-11-5-6-12(14-7-13(11)14)16(15)18(20)22/h1-6,11-16H,7-8H2/t11-,12-,13-,14-,15+,16+/m0/s1. The second kappa shape index (κ2) is 4.23. The Morgan fingerprint density at radius 1 is 0.955 bits per heavy atom. The van der Waals surface area contributed by atoms with Crippen LogP contribution in [0.1, 0.15) is 12.0 Å². The molecule has 1 aromatic carbocycles. The first kappa shape index (κ1) is 12.9. The zero-order valence-corrected chi connectivity index (χ0v) is 12.7. The number of nitrogens with zero attached hydrogens (tertiary/aromatic N) is 1. The molecule has 6 atom stereocenters. The minimum absolute atomic E-state index is 0.0367. The summed E-state index contributed by atoms with van der Waals surface area (Å²) in [7, 11) is 0. The van der Waals surface area contributed by atoms with E-state index in [1.165, 1.54) is 11.3 Å². The predicted octanol–water partition coefficient (Wildman–Crippen LogP) is 2.89. The lowest BCUT2D eigenvalue weighted by Crippen LogP contribution is -2.40. The van der Waals surface area contributed by atoms with Crippen LogP contribution in [0.3, 0.4) is 0 Å². The molecule has 1 aliphatic heterocycles. The molecule has 2 bridgehead atoms. The van der Waals surface area contributed by atoms with Gasteiger partial charge in [-0.2, -0.15) is 0 Å². The highest BCUT2D eigenvalue weighted by Gasteiger charge is 2.66. The summed E-state index contributed by atoms with van der Waals surface area (Å²) in [6.45, 7) is 0.372. The van der Waals surface area contributed by atoms with Gasteiger partial charge in [-0.1, -0.05) is 35.9 Å². The highest BCUT2D eigenvalue weighted by atomic mass is 35.5. The minimum Gasteiger partial charge on any atom is -0.278 e. The molecule has 6 rings (SSSR count). The smallest absolute Gasteiger partial charge is 0.234 e. The summed E-state index contributed by atoms with van der Waals surface area (Å²) in [4.78, 5) is 27.1. The maximum atomic E-state index is 12.8. The van der Waals surface area contributed by atoms with Gasteiger partial charge in [0.15, 0.2) is 0 Å². The average Bonchev–Trinajstić information content (AvgIpc) is 3.30. The number of halogens is 1. The zero-order valence-electron chi connectivity index (χ0n) is 12.0. The summed E-state index contributed by atoms with van der Waals surface area (Å²) in [5.74, 6) is 1.78. The summed E-state index contributed by atoms with van der Waals surface area (Å²) in [6, 6.07) is 7.37. The first-order valence-electron chi connectivity index (χ1n) is 7.93. The highest BCUT2D eigenvalue weighted by molar-refractivity contribution is 6.30. The van der Waals surface area contributed by atoms with E-state index in [0.29, 0.717) is 35.2 Å². The molecule has 3 nitrogen and oxygen atoms in total. The fourth-order valence-electron chi connectivity index (χ4n) is 4.95. The van der Waals surface area contributed by atoms with Crippen LogP contribution in [0.4, 0.5) is 0 Å². The van der Waals surface area contributed by atoms with E-state index in [0.717, 1.165) is 5.56 Å². The SMILES string of the molecule is O=C1[C@@H]2[C@H]3C=C[C@@H]([C@@H]4C[C@@H]34)[C@H]2C(=O)N1Cc1ccc(Cl)cc1. The third-order valence-electron chi connectivity index (χ3n) is 6.01. The molecule has 1 heterocycles. The van der Waals surface area contributed by atoms with Crippen molar-refractivity contribution in [3.05, 3.63) is 47.0 Å². The second-order valence-corrected chi connectivity index (χ2v) is 7.48. The van der Waals surface area contributed by atoms with Crippen LogP contribution in [0.15, 0.2) is 36.4 Å². The van der Waals surface area contributed by atoms with E-state index in [1.54, 1.807) is 12.1 Å². The number of carbonyl (C=O) groups is 2. The van der Waals surface area contributed by atoms with Crippen molar-refractivity contribution in [2.45, 2.75) is 13.0 Å². The number of likely N-dealkylation sites (tertiary alicyclic amines) is 1. The molecule has 0 radical (unpaired) electrons. The lowest BCUT2D eigenvalue weighted by molar-refractivity contribution is -0.140. The Balaban J connectivity index is 1.46. The van der Waals surface area contributed by atoms with Crippen LogP contribution < -0.4 is 0 Å². The van der Waals surface area contributed by atoms with Gasteiger partial charge in [0.1, 0.15) is 0 Å². The number of amides is 2. The van der Waals surface area contributed by atoms with Crippen LogP contribution in [0.25, 0.3) is 0 Å². The van der Waals surface area contributed by atoms with E-state index in [1.807, 2.05) is 12.1 Å². The van der Waals surface area contributed by atoms with Crippen LogP contribution in [0.5, 0.6) is 0 Å². The van der Waals surface area contributed by atoms with Gasteiger partial charge in [-0.15, -0.1) is 0 Å². The van der Waals surface area contributed by atoms with Crippen molar-refractivity contribution in [3.63, 3.8) is 0 Å². The highest BCUT2D eigenvalue weighted by Crippen LogP contribution is 2.65. The maximum Gasteiger partial charge on any atom is 0.234 e. The van der Waals surface area contributed by atoms with Gasteiger partial charge >= 0.3 is 0 Å². The maximum absolute atomic E-state index is 12.8. The molecule has 112 valence electrons. The third-order valence-corrected chi connectivity index (χ3v) is 6.26. The average molecular weight is 314 g/mol. The Hall–Kier alpha value is -1.61. The topological polar surface area (TPSA) is 37.4 Å². The van der Waals surface area contributed by atoms with Crippen molar-refractivity contribution in [1.29, 1.82) is 0 Å². The monoisotopic (exact) mass is 313 g/mol. The zero-order chi connectivity index (χ0) is 15.0. The largest absolute Gasteiger partial charge is 0.278 e. The number of benzene rings is 1. The summed E-state index contributed by atoms with van der Waals surface area (Å²) < 4.78 is 0. The van der Waals surface area contributed by atoms with Crippen LogP contribution in [-0.2, 0) is 16.1 Å². The summed E-state index contributed by atoms with van der Waals surface area (Å²) in [5.41, 5.74) is 0.954. The van der Waals surface area contributed by atoms with Crippen molar-refractivity contribution >= 4 is 23.4 Å². The summed E-state index contributed by atoms with van der Waals surface area (Å²) >= 11 is 5.90. The van der Waals surface area contributed by atoms with E-state index in [-0.39, 0.29) is 23.7 Å². The van der Waals surface area contributed by atoms with Gasteiger partial charge in [0.05, 0.1) is 18.4 Å². The lowest BCUT2D eigenvalue weighted by Gasteiger charge is -2.37. The Labute approximate surface area is 133 Å². The van der Waals surface area contributed by atoms with Crippen molar-refractivity contribution < 1.29 is 9.59 Å². The van der Waals surface area contributed by atoms with Crippen LogP contribution in [0, 0.1) is 35.5 Å². The summed E-state index contributed by atoms with van der Waals surface area (Å²) in [5, 5.41) is 0.666. The van der Waals surface area contributed by atoms with Gasteiger partial charge in [-0.25, -0.2) is 0 Å². The summed E-state index contributed by atoms with van der Waals surface area (Å²) in [6.07, 6.45) is 5.61. The molecule has 0 aromatic heterocycles. The number of allylic oxidation sites excluding steroid dienone is 2. The molecular formula is C18H16ClNO2. The molecule has 1 saturated heterocycles. The van der Waals surface area contributed by atoms with Gasteiger partial charge < -0.3 is 0 Å². The normalized spacial score (nSPS) is 40.9. The molecule has 1 aromatic rings. The van der Waals surface area contributed by atoms with Crippen LogP contribution >= 0.6 is 11.6 Å². The Bertz CT molecular complexity index is 674. The molecule has 0 N–H and O–H groups in total. The third kappa shape index (κ3) is 1.58. The molecule has 2 saturated carbocycles. The Morgan fingerprint density at radius 3 is 2.05 bits per heavy atom. The predicted molar refractivity (Wildman–Crippen MR) is 81.7 cm³/mol. The Kier molecular flexibility index (Phi) is 2.48. The van der Waals surface area contributed by atoms with E-state index < -0.39 is 0 Å². The quantitative estimate of drug-likeness (QED) is 0.622. The number of hydrogen-bond acceptors (Lipinski definition) is 2. The molecule has 0 unspecified atom stereocenters. The van der Waals surface area contributed by atoms with Crippen LogP contribution in [-0.4, -0.2) is 16.7 Å². The molecule has 4 aliphatic carbocycles. The first-order chi connectivity index (χ1) is 10.6. The van der Waals surface area contributed by atoms with Gasteiger partial charge in [0.2, 0.25) is 11.8 Å².